The van der Waals surface area contributed by atoms with Crippen molar-refractivity contribution in [1.29, 1.82) is 0 Å². The quantitative estimate of drug-likeness (QED) is 0.0937. The van der Waals surface area contributed by atoms with E-state index in [2.05, 4.69) is 22.2 Å². The molecule has 1 rings (SSSR count). The second-order valence-electron chi connectivity index (χ2n) is 9.33. The molecular weight excluding hydrogens is 523 g/mol. The summed E-state index contributed by atoms with van der Waals surface area (Å²) in [5.41, 5.74) is 0. The standard InChI is InChI=1S/C21H42O8S2.2K/c1-18(2)13-11-9-7-5-3-4-6-8-10-12-14-19-15-20(28-30(22,23)24)17-21(16-19)29-31(25,26)27;;/h18-21H,3-17H2,1-2H3,(H,22,23,24)(H,25,26,27);;/q;2*+1/p-2. The van der Waals surface area contributed by atoms with E-state index in [4.69, 9.17) is 0 Å². The van der Waals surface area contributed by atoms with Gasteiger partial charge in [-0.15, -0.1) is 0 Å². The van der Waals surface area contributed by atoms with E-state index in [0.29, 0.717) is 12.8 Å². The first-order valence-electron chi connectivity index (χ1n) is 11.7. The predicted molar refractivity (Wildman–Crippen MR) is 117 cm³/mol. The number of hydrogen-bond acceptors (Lipinski definition) is 8. The summed E-state index contributed by atoms with van der Waals surface area (Å²) in [4.78, 5) is 0. The Kier molecular flexibility index (Phi) is 24.2. The normalized spacial score (nSPS) is 21.4. The monoisotopic (exact) mass is 562 g/mol. The van der Waals surface area contributed by atoms with Crippen LogP contribution in [0, 0.1) is 11.8 Å². The Morgan fingerprint density at radius 2 is 1.03 bits per heavy atom. The molecule has 0 amide bonds. The predicted octanol–water partition coefficient (Wildman–Crippen LogP) is -1.18. The molecule has 0 bridgehead atoms. The molecule has 0 aromatic heterocycles. The molecular formula is C21H40K2O8S2. The van der Waals surface area contributed by atoms with Gasteiger partial charge in [-0.05, 0) is 24.7 Å². The molecule has 1 aliphatic carbocycles. The van der Waals surface area contributed by atoms with E-state index in [9.17, 15) is 25.9 Å². The average molecular weight is 563 g/mol. The zero-order chi connectivity index (χ0) is 23.3. The second kappa shape index (κ2) is 20.9. The van der Waals surface area contributed by atoms with Gasteiger partial charge < -0.3 is 9.11 Å². The van der Waals surface area contributed by atoms with Crippen molar-refractivity contribution in [3.05, 3.63) is 0 Å². The molecule has 0 spiro atoms. The summed E-state index contributed by atoms with van der Waals surface area (Å²) in [5, 5.41) is 0. The first-order chi connectivity index (χ1) is 14.4. The van der Waals surface area contributed by atoms with Crippen molar-refractivity contribution in [3.8, 4) is 0 Å². The minimum Gasteiger partial charge on any atom is -0.726 e. The van der Waals surface area contributed by atoms with Gasteiger partial charge in [0, 0.05) is 6.42 Å². The molecule has 2 unspecified atom stereocenters. The Morgan fingerprint density at radius 1 is 0.667 bits per heavy atom. The molecule has 0 aromatic carbocycles. The van der Waals surface area contributed by atoms with E-state index >= 15 is 0 Å². The molecule has 0 radical (unpaired) electrons. The molecule has 0 aromatic rings. The maximum atomic E-state index is 10.9. The smallest absolute Gasteiger partial charge is 0.726 e. The third kappa shape index (κ3) is 23.8. The molecule has 33 heavy (non-hydrogen) atoms. The second-order valence-corrected chi connectivity index (χ2v) is 11.4. The fourth-order valence-electron chi connectivity index (χ4n) is 4.45. The van der Waals surface area contributed by atoms with E-state index in [1.165, 1.54) is 51.4 Å². The van der Waals surface area contributed by atoms with Crippen molar-refractivity contribution in [2.45, 2.75) is 122 Å². The van der Waals surface area contributed by atoms with Crippen molar-refractivity contribution in [2.24, 2.45) is 11.8 Å². The minimum atomic E-state index is -4.90. The molecule has 8 nitrogen and oxygen atoms in total. The van der Waals surface area contributed by atoms with Crippen LogP contribution in [0.5, 0.6) is 0 Å². The van der Waals surface area contributed by atoms with Crippen molar-refractivity contribution in [1.82, 2.24) is 0 Å². The third-order valence-electron chi connectivity index (χ3n) is 5.87. The topological polar surface area (TPSA) is 133 Å². The van der Waals surface area contributed by atoms with Crippen LogP contribution in [-0.2, 0) is 29.2 Å². The van der Waals surface area contributed by atoms with Gasteiger partial charge in [0.25, 0.3) is 0 Å². The Bertz CT molecular complexity index is 644. The maximum absolute atomic E-state index is 10.9. The van der Waals surface area contributed by atoms with E-state index < -0.39 is 33.0 Å². The SMILES string of the molecule is CC(C)CCCCCCCCCCCCC1CC(OS(=O)(=O)[O-])CC(OS(=O)(=O)[O-])C1.[K+].[K+]. The van der Waals surface area contributed by atoms with Gasteiger partial charge in [-0.2, -0.15) is 0 Å². The van der Waals surface area contributed by atoms with Crippen LogP contribution in [-0.4, -0.2) is 38.1 Å². The fraction of sp³-hybridized carbons (Fsp3) is 1.00. The molecule has 0 heterocycles. The van der Waals surface area contributed by atoms with Crippen LogP contribution in [0.25, 0.3) is 0 Å². The Morgan fingerprint density at radius 3 is 1.39 bits per heavy atom. The van der Waals surface area contributed by atoms with E-state index in [1.807, 2.05) is 0 Å². The maximum Gasteiger partial charge on any atom is 1.00 e. The summed E-state index contributed by atoms with van der Waals surface area (Å²) in [7, 11) is -9.79. The summed E-state index contributed by atoms with van der Waals surface area (Å²) in [5.74, 6) is 0.753. The first-order valence-corrected chi connectivity index (χ1v) is 14.4. The summed E-state index contributed by atoms with van der Waals surface area (Å²) in [6.45, 7) is 4.53. The molecule has 1 saturated carbocycles. The molecule has 0 N–H and O–H groups in total. The zero-order valence-electron chi connectivity index (χ0n) is 21.0. The molecule has 1 fully saturated rings. The van der Waals surface area contributed by atoms with Gasteiger partial charge in [0.05, 0.1) is 12.2 Å². The largest absolute Gasteiger partial charge is 1.00 e. The van der Waals surface area contributed by atoms with Crippen LogP contribution in [0.3, 0.4) is 0 Å². The van der Waals surface area contributed by atoms with Crippen LogP contribution in [0.15, 0.2) is 0 Å². The minimum absolute atomic E-state index is 0. The van der Waals surface area contributed by atoms with Crippen molar-refractivity contribution in [3.63, 3.8) is 0 Å². The number of rotatable bonds is 17. The Hall–Kier alpha value is 3.01. The molecule has 12 heteroatoms. The van der Waals surface area contributed by atoms with Crippen LogP contribution in [0.1, 0.15) is 110 Å². The van der Waals surface area contributed by atoms with Gasteiger partial charge >= 0.3 is 103 Å². The summed E-state index contributed by atoms with van der Waals surface area (Å²) >= 11 is 0. The molecule has 1 aliphatic rings. The molecule has 2 atom stereocenters. The molecule has 186 valence electrons. The first kappa shape index (κ1) is 38.2. The third-order valence-corrected chi connectivity index (χ3v) is 6.89. The van der Waals surface area contributed by atoms with Gasteiger partial charge in [-0.25, -0.2) is 16.8 Å². The number of hydrogen-bond donors (Lipinski definition) is 0. The summed E-state index contributed by atoms with van der Waals surface area (Å²) in [6.07, 6.45) is 12.8. The van der Waals surface area contributed by atoms with Gasteiger partial charge in [-0.3, -0.25) is 8.37 Å². The summed E-state index contributed by atoms with van der Waals surface area (Å²) in [6, 6.07) is 0. The van der Waals surface area contributed by atoms with Crippen LogP contribution in [0.4, 0.5) is 0 Å². The van der Waals surface area contributed by atoms with Gasteiger partial charge in [-0.1, -0.05) is 90.9 Å². The van der Waals surface area contributed by atoms with Crippen LogP contribution in [0.2, 0.25) is 0 Å². The van der Waals surface area contributed by atoms with Crippen LogP contribution < -0.4 is 103 Å². The Labute approximate surface area is 287 Å². The van der Waals surface area contributed by atoms with Crippen LogP contribution >= 0.6 is 0 Å². The van der Waals surface area contributed by atoms with E-state index in [1.54, 1.807) is 0 Å². The van der Waals surface area contributed by atoms with Gasteiger partial charge in [0.2, 0.25) is 20.8 Å². The fourth-order valence-corrected chi connectivity index (χ4v) is 5.43. The molecule has 0 aliphatic heterocycles. The van der Waals surface area contributed by atoms with Gasteiger partial charge in [0.15, 0.2) is 0 Å². The van der Waals surface area contributed by atoms with E-state index in [0.717, 1.165) is 31.6 Å². The average Bonchev–Trinajstić information content (AvgIpc) is 2.59. The molecule has 0 saturated heterocycles. The van der Waals surface area contributed by atoms with Crippen molar-refractivity contribution in [2.75, 3.05) is 0 Å². The summed E-state index contributed by atoms with van der Waals surface area (Å²) < 4.78 is 74.3. The van der Waals surface area contributed by atoms with E-state index in [-0.39, 0.29) is 115 Å². The van der Waals surface area contributed by atoms with Crippen molar-refractivity contribution >= 4 is 20.8 Å². The zero-order valence-corrected chi connectivity index (χ0v) is 28.9. The Balaban J connectivity index is 0. The van der Waals surface area contributed by atoms with Gasteiger partial charge in [0.1, 0.15) is 0 Å². The van der Waals surface area contributed by atoms with Crippen molar-refractivity contribution < 1.29 is 137 Å². The number of unbranched alkanes of at least 4 members (excludes halogenated alkanes) is 9.